The van der Waals surface area contributed by atoms with Crippen LogP contribution in [0.3, 0.4) is 0 Å². The molecule has 6 rings (SSSR count). The molecule has 0 saturated heterocycles. The minimum atomic E-state index is -3.94. The van der Waals surface area contributed by atoms with Gasteiger partial charge in [0.25, 0.3) is 0 Å². The molecule has 0 saturated carbocycles. The van der Waals surface area contributed by atoms with Crippen LogP contribution in [0.2, 0.25) is 12.6 Å². The number of rotatable bonds is 2. The molecule has 0 spiro atoms. The van der Waals surface area contributed by atoms with E-state index < -0.39 is 33.4 Å². The monoisotopic (exact) mass is 630 g/mol. The molecule has 0 unspecified atom stereocenters. The average molecular weight is 633 g/mol. The second-order valence-electron chi connectivity index (χ2n) is 8.18. The van der Waals surface area contributed by atoms with Gasteiger partial charge >= 0.3 is 44.1 Å². The Morgan fingerprint density at radius 2 is 0.892 bits per heavy atom. The quantitative estimate of drug-likeness (QED) is 0.132. The van der Waals surface area contributed by atoms with E-state index in [1.54, 1.807) is 6.55 Å². The molecule has 6 aromatic carbocycles. The van der Waals surface area contributed by atoms with Gasteiger partial charge in [0.05, 0.1) is 0 Å². The Balaban J connectivity index is 0.000000151. The standard InChI is InChI=1S/2C13H9.C4H7F3Si.2ClH.Zr/c2*1-3-7-12-10(5-1)9-11-6-2-4-8-13(11)12;1-8-3-2-4(5,6)7;;;/h2*1-9H;2-3H2,1H3;2*1H;/q2*-1;;;;+4/p-2. The predicted octanol–water partition coefficient (Wildman–Crippen LogP) is 10.9. The maximum atomic E-state index is 11.2. The molecule has 0 aromatic heterocycles. The molecule has 0 nitrogen and oxygen atoms in total. The Labute approximate surface area is 236 Å². The summed E-state index contributed by atoms with van der Waals surface area (Å²) in [5, 5.41) is 10.8. The first kappa shape index (κ1) is 29.6. The van der Waals surface area contributed by atoms with Gasteiger partial charge in [-0.2, -0.15) is 13.2 Å². The zero-order valence-corrected chi connectivity index (χ0v) is 25.2. The van der Waals surface area contributed by atoms with Crippen molar-refractivity contribution in [2.75, 3.05) is 0 Å². The van der Waals surface area contributed by atoms with Gasteiger partial charge in [0.15, 0.2) is 0 Å². The molecular formula is C30H25Cl2F3SiZr. The number of halogens is 5. The molecule has 6 aromatic rings. The van der Waals surface area contributed by atoms with E-state index in [0.717, 1.165) is 0 Å². The fourth-order valence-electron chi connectivity index (χ4n) is 4.07. The molecular weight excluding hydrogens is 608 g/mol. The molecule has 0 bridgehead atoms. The first-order valence-corrected chi connectivity index (χ1v) is 19.7. The molecule has 0 amide bonds. The summed E-state index contributed by atoms with van der Waals surface area (Å²) in [6, 6.07) is 38.8. The van der Waals surface area contributed by atoms with Crippen LogP contribution in [0.25, 0.3) is 43.1 Å². The summed E-state index contributed by atoms with van der Waals surface area (Å²) in [6.07, 6.45) is -4.56. The van der Waals surface area contributed by atoms with E-state index in [1.807, 2.05) is 0 Å². The Morgan fingerprint density at radius 1 is 0.622 bits per heavy atom. The summed E-state index contributed by atoms with van der Waals surface area (Å²) in [7, 11) is 10.3. The smallest absolute Gasteiger partial charge is 0.0771 e. The number of benzene rings is 4. The van der Waals surface area contributed by atoms with Gasteiger partial charge in [-0.3, -0.25) is 0 Å². The summed E-state index contributed by atoms with van der Waals surface area (Å²) in [6.45, 7) is 1.77. The van der Waals surface area contributed by atoms with E-state index in [-0.39, 0.29) is 6.04 Å². The largest absolute Gasteiger partial charge is 0.126 e. The van der Waals surface area contributed by atoms with Crippen LogP contribution < -0.4 is 0 Å². The molecule has 37 heavy (non-hydrogen) atoms. The fourth-order valence-corrected chi connectivity index (χ4v) is 4.61. The molecule has 0 aliphatic heterocycles. The van der Waals surface area contributed by atoms with Crippen LogP contribution in [0.4, 0.5) is 13.2 Å². The molecule has 0 fully saturated rings. The van der Waals surface area contributed by atoms with Crippen LogP contribution in [-0.4, -0.2) is 15.7 Å². The van der Waals surface area contributed by atoms with Crippen molar-refractivity contribution in [1.29, 1.82) is 0 Å². The van der Waals surface area contributed by atoms with E-state index in [1.165, 1.54) is 43.1 Å². The van der Waals surface area contributed by atoms with Gasteiger partial charge in [-0.05, 0) is 0 Å². The summed E-state index contributed by atoms with van der Waals surface area (Å²) < 4.78 is 33.7. The third-order valence-electron chi connectivity index (χ3n) is 5.70. The van der Waals surface area contributed by atoms with E-state index in [2.05, 4.69) is 109 Å². The maximum Gasteiger partial charge on any atom is -0.0771 e. The van der Waals surface area contributed by atoms with Crippen molar-refractivity contribution in [2.24, 2.45) is 0 Å². The first-order valence-electron chi connectivity index (χ1n) is 11.6. The van der Waals surface area contributed by atoms with Gasteiger partial charge in [0.2, 0.25) is 0 Å². The zero-order valence-electron chi connectivity index (χ0n) is 20.2. The third kappa shape index (κ3) is 8.82. The van der Waals surface area contributed by atoms with E-state index >= 15 is 0 Å². The van der Waals surface area contributed by atoms with Crippen LogP contribution in [0.5, 0.6) is 0 Å². The maximum absolute atomic E-state index is 11.2. The van der Waals surface area contributed by atoms with E-state index in [4.69, 9.17) is 17.0 Å². The molecule has 0 atom stereocenters. The average Bonchev–Trinajstić information content (AvgIpc) is 3.47. The van der Waals surface area contributed by atoms with Crippen molar-refractivity contribution in [2.45, 2.75) is 25.2 Å². The number of hydrogen-bond donors (Lipinski definition) is 0. The van der Waals surface area contributed by atoms with E-state index in [9.17, 15) is 13.2 Å². The van der Waals surface area contributed by atoms with Crippen LogP contribution in [0.15, 0.2) is 109 Å². The van der Waals surface area contributed by atoms with Crippen LogP contribution >= 0.6 is 17.0 Å². The first-order chi connectivity index (χ1) is 17.9. The Bertz CT molecular complexity index is 1320. The van der Waals surface area contributed by atoms with Crippen molar-refractivity contribution in [1.82, 2.24) is 0 Å². The van der Waals surface area contributed by atoms with Gasteiger partial charge < -0.3 is 0 Å². The minimum Gasteiger partial charge on any atom is -0.126 e. The Hall–Kier alpha value is -1.91. The van der Waals surface area contributed by atoms with Crippen molar-refractivity contribution < 1.29 is 34.0 Å². The molecule has 0 heterocycles. The molecule has 0 aliphatic rings. The van der Waals surface area contributed by atoms with Gasteiger partial charge in [-0.15, -0.1) is 79.5 Å². The van der Waals surface area contributed by atoms with E-state index in [0.29, 0.717) is 9.52 Å². The van der Waals surface area contributed by atoms with Gasteiger partial charge in [0.1, 0.15) is 0 Å². The third-order valence-corrected chi connectivity index (χ3v) is 6.45. The number of hydrogen-bond acceptors (Lipinski definition) is 0. The predicted molar refractivity (Wildman–Crippen MR) is 153 cm³/mol. The Kier molecular flexibility index (Phi) is 11.9. The molecule has 2 radical (unpaired) electrons. The summed E-state index contributed by atoms with van der Waals surface area (Å²) in [4.78, 5) is 0. The molecule has 0 N–H and O–H groups in total. The minimum absolute atomic E-state index is 0.281. The fraction of sp³-hybridized carbons (Fsp3) is 0.133. The normalized spacial score (nSPS) is 10.6. The summed E-state index contributed by atoms with van der Waals surface area (Å²) >= 11 is -0.826. The van der Waals surface area contributed by atoms with Crippen LogP contribution in [-0.2, 0) is 20.8 Å². The topological polar surface area (TPSA) is 0 Å². The SMILES string of the molecule is C[Si]CCC(F)(F)F.[Cl][Zr+2][Cl].c1ccc2c(c1)[cH-]c1ccccc12.c1ccc2c(c1)[cH-]c1ccccc12. The molecule has 0 aliphatic carbocycles. The number of fused-ring (bicyclic) bond motifs is 6. The van der Waals surface area contributed by atoms with Gasteiger partial charge in [-0.25, -0.2) is 0 Å². The van der Waals surface area contributed by atoms with Crippen LogP contribution in [0.1, 0.15) is 6.42 Å². The Morgan fingerprint density at radius 3 is 1.11 bits per heavy atom. The van der Waals surface area contributed by atoms with Crippen LogP contribution in [0, 0.1) is 0 Å². The second-order valence-corrected chi connectivity index (χ2v) is 13.1. The number of alkyl halides is 3. The van der Waals surface area contributed by atoms with Gasteiger partial charge in [-0.1, -0.05) is 85.4 Å². The summed E-state index contributed by atoms with van der Waals surface area (Å²) in [5.41, 5.74) is 0. The second kappa shape index (κ2) is 14.9. The van der Waals surface area contributed by atoms with Crippen molar-refractivity contribution in [3.05, 3.63) is 109 Å². The summed E-state index contributed by atoms with van der Waals surface area (Å²) in [5.74, 6) is 0. The molecule has 188 valence electrons. The van der Waals surface area contributed by atoms with Crippen molar-refractivity contribution in [3.8, 4) is 0 Å². The van der Waals surface area contributed by atoms with Crippen molar-refractivity contribution >= 4 is 69.6 Å². The van der Waals surface area contributed by atoms with Crippen molar-refractivity contribution in [3.63, 3.8) is 0 Å². The van der Waals surface area contributed by atoms with Gasteiger partial charge in [0, 0.05) is 15.9 Å². The molecule has 7 heteroatoms. The zero-order chi connectivity index (χ0) is 26.7.